The Morgan fingerprint density at radius 2 is 2.04 bits per heavy atom. The van der Waals surface area contributed by atoms with Gasteiger partial charge in [0.25, 0.3) is 5.91 Å². The van der Waals surface area contributed by atoms with E-state index in [0.717, 1.165) is 28.8 Å². The minimum Gasteiger partial charge on any atom is -0.354 e. The maximum Gasteiger partial charge on any atom is 0.274 e. The first-order chi connectivity index (χ1) is 12.9. The Balaban J connectivity index is 1.60. The van der Waals surface area contributed by atoms with Gasteiger partial charge in [0.15, 0.2) is 10.9 Å². The molecule has 0 atom stereocenters. The van der Waals surface area contributed by atoms with E-state index in [1.165, 1.54) is 18.3 Å². The third-order valence-electron chi connectivity index (χ3n) is 4.59. The largest absolute Gasteiger partial charge is 0.354 e. The molecule has 4 rings (SSSR count). The normalized spacial score (nSPS) is 13.5. The fourth-order valence-corrected chi connectivity index (χ4v) is 4.32. The number of amides is 2. The molecule has 1 aromatic carbocycles. The molecule has 0 bridgehead atoms. The number of anilines is 2. The highest BCUT2D eigenvalue weighted by Gasteiger charge is 2.26. The second-order valence-electron chi connectivity index (χ2n) is 6.59. The summed E-state index contributed by atoms with van der Waals surface area (Å²) in [5.74, 6) is -0.362. The lowest BCUT2D eigenvalue weighted by atomic mass is 9.94. The van der Waals surface area contributed by atoms with E-state index in [4.69, 9.17) is 0 Å². The lowest BCUT2D eigenvalue weighted by Gasteiger charge is -2.09. The first kappa shape index (κ1) is 17.4. The molecule has 27 heavy (non-hydrogen) atoms. The zero-order valence-electron chi connectivity index (χ0n) is 14.9. The van der Waals surface area contributed by atoms with E-state index in [2.05, 4.69) is 20.6 Å². The highest BCUT2D eigenvalue weighted by Crippen LogP contribution is 2.30. The number of aromatic nitrogens is 2. The summed E-state index contributed by atoms with van der Waals surface area (Å²) in [6, 6.07) is 5.38. The lowest BCUT2D eigenvalue weighted by Crippen LogP contribution is -2.13. The van der Waals surface area contributed by atoms with Crippen LogP contribution in [0, 0.1) is 6.92 Å². The average Bonchev–Trinajstić information content (AvgIpc) is 3.15. The molecule has 0 spiro atoms. The molecular weight excluding hydrogens is 364 g/mol. The van der Waals surface area contributed by atoms with Gasteiger partial charge in [-0.3, -0.25) is 19.7 Å². The number of carbonyl (C=O) groups is 3. The van der Waals surface area contributed by atoms with Crippen LogP contribution in [-0.4, -0.2) is 27.6 Å². The molecule has 138 valence electrons. The van der Waals surface area contributed by atoms with Crippen molar-refractivity contribution in [3.05, 3.63) is 40.7 Å². The highest BCUT2D eigenvalue weighted by molar-refractivity contribution is 7.22. The van der Waals surface area contributed by atoms with Gasteiger partial charge in [-0.15, -0.1) is 0 Å². The second kappa shape index (κ2) is 6.62. The number of nitrogens with zero attached hydrogens (tertiary/aromatic N) is 1. The highest BCUT2D eigenvalue weighted by atomic mass is 32.1. The number of thiazole rings is 1. The van der Waals surface area contributed by atoms with E-state index in [-0.39, 0.29) is 17.6 Å². The standard InChI is InChI=1S/C19H18N4O3S/c1-9-16-13(4-3-5-14(16)25)21-17(9)18(26)23-19-22-12-7-6-11(20-10(2)24)8-15(12)27-19/h6-8,21H,3-5H2,1-2H3,(H,20,24)(H,22,23,26). The van der Waals surface area contributed by atoms with Gasteiger partial charge in [0.1, 0.15) is 5.69 Å². The Bertz CT molecular complexity index is 1100. The summed E-state index contributed by atoms with van der Waals surface area (Å²) >= 11 is 1.33. The SMILES string of the molecule is CC(=O)Nc1ccc2nc(NC(=O)c3[nH]c4c(c3C)C(=O)CCC4)sc2c1. The van der Waals surface area contributed by atoms with Crippen molar-refractivity contribution in [2.45, 2.75) is 33.1 Å². The topological polar surface area (TPSA) is 104 Å². The third kappa shape index (κ3) is 3.23. The van der Waals surface area contributed by atoms with Crippen molar-refractivity contribution >= 4 is 50.0 Å². The molecule has 7 nitrogen and oxygen atoms in total. The van der Waals surface area contributed by atoms with Crippen molar-refractivity contribution < 1.29 is 14.4 Å². The number of aryl methyl sites for hydroxylation is 1. The maximum absolute atomic E-state index is 12.7. The lowest BCUT2D eigenvalue weighted by molar-refractivity contribution is -0.114. The number of H-pyrrole nitrogens is 1. The number of aromatic amines is 1. The van der Waals surface area contributed by atoms with E-state index in [1.54, 1.807) is 19.1 Å². The van der Waals surface area contributed by atoms with Crippen LogP contribution in [0.5, 0.6) is 0 Å². The zero-order valence-corrected chi connectivity index (χ0v) is 15.8. The Morgan fingerprint density at radius 1 is 1.22 bits per heavy atom. The van der Waals surface area contributed by atoms with Crippen LogP contribution < -0.4 is 10.6 Å². The van der Waals surface area contributed by atoms with Crippen molar-refractivity contribution in [2.75, 3.05) is 10.6 Å². The van der Waals surface area contributed by atoms with Gasteiger partial charge in [-0.05, 0) is 43.5 Å². The van der Waals surface area contributed by atoms with Crippen LogP contribution in [0.2, 0.25) is 0 Å². The van der Waals surface area contributed by atoms with Gasteiger partial charge >= 0.3 is 0 Å². The Morgan fingerprint density at radius 3 is 2.78 bits per heavy atom. The van der Waals surface area contributed by atoms with E-state index >= 15 is 0 Å². The number of carbonyl (C=O) groups excluding carboxylic acids is 3. The first-order valence-corrected chi connectivity index (χ1v) is 9.48. The van der Waals surface area contributed by atoms with Gasteiger partial charge in [-0.1, -0.05) is 11.3 Å². The third-order valence-corrected chi connectivity index (χ3v) is 5.53. The molecule has 0 unspecified atom stereocenters. The Hall–Kier alpha value is -3.00. The van der Waals surface area contributed by atoms with Gasteiger partial charge < -0.3 is 10.3 Å². The first-order valence-electron chi connectivity index (χ1n) is 8.66. The molecule has 1 aliphatic carbocycles. The fourth-order valence-electron chi connectivity index (χ4n) is 3.42. The van der Waals surface area contributed by atoms with Gasteiger partial charge in [0.2, 0.25) is 5.91 Å². The van der Waals surface area contributed by atoms with E-state index in [0.29, 0.717) is 34.1 Å². The molecule has 3 N–H and O–H groups in total. The predicted octanol–water partition coefficient (Wildman–Crippen LogP) is 3.66. The monoisotopic (exact) mass is 382 g/mol. The van der Waals surface area contributed by atoms with Crippen LogP contribution in [0.3, 0.4) is 0 Å². The number of benzene rings is 1. The van der Waals surface area contributed by atoms with E-state index in [9.17, 15) is 14.4 Å². The molecule has 8 heteroatoms. The number of hydrogen-bond acceptors (Lipinski definition) is 5. The number of rotatable bonds is 3. The number of ketones is 1. The summed E-state index contributed by atoms with van der Waals surface area (Å²) in [5.41, 5.74) is 4.04. The molecule has 3 aromatic rings. The van der Waals surface area contributed by atoms with Crippen LogP contribution >= 0.6 is 11.3 Å². The summed E-state index contributed by atoms with van der Waals surface area (Å²) in [4.78, 5) is 43.6. The molecule has 2 heterocycles. The molecule has 0 radical (unpaired) electrons. The van der Waals surface area contributed by atoms with Crippen molar-refractivity contribution in [1.29, 1.82) is 0 Å². The molecule has 0 saturated carbocycles. The van der Waals surface area contributed by atoms with E-state index < -0.39 is 0 Å². The molecule has 0 fully saturated rings. The van der Waals surface area contributed by atoms with E-state index in [1.807, 2.05) is 6.07 Å². The summed E-state index contributed by atoms with van der Waals surface area (Å²) in [6.45, 7) is 3.25. The van der Waals surface area contributed by atoms with Gasteiger partial charge in [0, 0.05) is 30.3 Å². The van der Waals surface area contributed by atoms with Crippen LogP contribution in [0.15, 0.2) is 18.2 Å². The van der Waals surface area contributed by atoms with Crippen molar-refractivity contribution in [2.24, 2.45) is 0 Å². The van der Waals surface area contributed by atoms with Crippen molar-refractivity contribution in [1.82, 2.24) is 9.97 Å². The van der Waals surface area contributed by atoms with Crippen LogP contribution in [0.25, 0.3) is 10.2 Å². The molecule has 0 aliphatic heterocycles. The molecule has 2 amide bonds. The van der Waals surface area contributed by atoms with Crippen LogP contribution in [0.4, 0.5) is 10.8 Å². The summed E-state index contributed by atoms with van der Waals surface area (Å²) in [7, 11) is 0. The second-order valence-corrected chi connectivity index (χ2v) is 7.62. The zero-order chi connectivity index (χ0) is 19.1. The molecule has 2 aromatic heterocycles. The van der Waals surface area contributed by atoms with Crippen LogP contribution in [-0.2, 0) is 11.2 Å². The minimum atomic E-state index is -0.309. The summed E-state index contributed by atoms with van der Waals surface area (Å²) < 4.78 is 0.856. The number of fused-ring (bicyclic) bond motifs is 2. The number of hydrogen-bond donors (Lipinski definition) is 3. The molecule has 0 saturated heterocycles. The maximum atomic E-state index is 12.7. The molecular formula is C19H18N4O3S. The van der Waals surface area contributed by atoms with Crippen LogP contribution in [0.1, 0.15) is 51.9 Å². The minimum absolute atomic E-state index is 0.0922. The Labute approximate surface area is 159 Å². The Kier molecular flexibility index (Phi) is 4.27. The smallest absolute Gasteiger partial charge is 0.274 e. The summed E-state index contributed by atoms with van der Waals surface area (Å²) in [5, 5.41) is 6.01. The van der Waals surface area contributed by atoms with Gasteiger partial charge in [-0.2, -0.15) is 0 Å². The predicted molar refractivity (Wildman–Crippen MR) is 105 cm³/mol. The van der Waals surface area contributed by atoms with Gasteiger partial charge in [0.05, 0.1) is 10.2 Å². The fraction of sp³-hybridized carbons (Fsp3) is 0.263. The van der Waals surface area contributed by atoms with Crippen molar-refractivity contribution in [3.8, 4) is 0 Å². The van der Waals surface area contributed by atoms with Gasteiger partial charge in [-0.25, -0.2) is 4.98 Å². The molecule has 1 aliphatic rings. The van der Waals surface area contributed by atoms with Crippen molar-refractivity contribution in [3.63, 3.8) is 0 Å². The number of nitrogens with one attached hydrogen (secondary N) is 3. The average molecular weight is 382 g/mol. The quantitative estimate of drug-likeness (QED) is 0.643. The number of Topliss-reactive ketones (excluding diaryl/α,β-unsaturated/α-hetero) is 1. The summed E-state index contributed by atoms with van der Waals surface area (Å²) in [6.07, 6.45) is 2.12.